The highest BCUT2D eigenvalue weighted by Crippen LogP contribution is 2.29. The predicted octanol–water partition coefficient (Wildman–Crippen LogP) is 2.94. The first-order valence-electron chi connectivity index (χ1n) is 7.92. The summed E-state index contributed by atoms with van der Waals surface area (Å²) in [6, 6.07) is 7.05. The summed E-state index contributed by atoms with van der Waals surface area (Å²) >= 11 is 0. The van der Waals surface area contributed by atoms with Crippen molar-refractivity contribution >= 4 is 5.91 Å². The highest BCUT2D eigenvalue weighted by molar-refractivity contribution is 5.91. The Bertz CT molecular complexity index is 847. The molecular weight excluding hydrogens is 304 g/mol. The van der Waals surface area contributed by atoms with Gasteiger partial charge in [-0.15, -0.1) is 0 Å². The Morgan fingerprint density at radius 3 is 2.92 bits per heavy atom. The molecular formula is C18H16N4O2. The molecule has 0 radical (unpaired) electrons. The minimum atomic E-state index is -0.212. The minimum Gasteiger partial charge on any atom is -0.459 e. The number of rotatable bonds is 3. The van der Waals surface area contributed by atoms with Crippen molar-refractivity contribution in [2.75, 3.05) is 0 Å². The number of fused-ring (bicyclic) bond motifs is 1. The second-order valence-electron chi connectivity index (χ2n) is 5.73. The number of aryl methyl sites for hydroxylation is 1. The molecule has 0 aliphatic heterocycles. The molecule has 0 saturated heterocycles. The quantitative estimate of drug-likeness (QED) is 0.802. The number of hydrogen-bond donors (Lipinski definition) is 1. The highest BCUT2D eigenvalue weighted by atomic mass is 16.3. The molecule has 6 heteroatoms. The van der Waals surface area contributed by atoms with Gasteiger partial charge in [-0.3, -0.25) is 9.78 Å². The third kappa shape index (κ3) is 2.78. The van der Waals surface area contributed by atoms with Crippen molar-refractivity contribution < 1.29 is 9.21 Å². The van der Waals surface area contributed by atoms with Crippen LogP contribution in [0.25, 0.3) is 11.4 Å². The SMILES string of the molecule is O=C(N[C@@H]1CCCc2nc(-c3ccncc3)ncc21)c1ccco1. The van der Waals surface area contributed by atoms with Crippen LogP contribution in [0.4, 0.5) is 0 Å². The van der Waals surface area contributed by atoms with Crippen molar-refractivity contribution in [1.82, 2.24) is 20.3 Å². The van der Waals surface area contributed by atoms with Gasteiger partial charge in [-0.05, 0) is 43.5 Å². The molecule has 1 atom stereocenters. The van der Waals surface area contributed by atoms with E-state index in [2.05, 4.69) is 15.3 Å². The molecule has 0 fully saturated rings. The minimum absolute atomic E-state index is 0.0853. The van der Waals surface area contributed by atoms with Gasteiger partial charge in [0.1, 0.15) is 0 Å². The van der Waals surface area contributed by atoms with Gasteiger partial charge in [0.2, 0.25) is 0 Å². The average Bonchev–Trinajstić information content (AvgIpc) is 3.17. The summed E-state index contributed by atoms with van der Waals surface area (Å²) < 4.78 is 5.15. The van der Waals surface area contributed by atoms with Crippen LogP contribution >= 0.6 is 0 Å². The third-order valence-corrected chi connectivity index (χ3v) is 4.17. The van der Waals surface area contributed by atoms with Crippen LogP contribution < -0.4 is 5.32 Å². The second kappa shape index (κ2) is 6.23. The maximum absolute atomic E-state index is 12.2. The summed E-state index contributed by atoms with van der Waals surface area (Å²) in [5.41, 5.74) is 2.92. The van der Waals surface area contributed by atoms with Crippen LogP contribution in [-0.4, -0.2) is 20.9 Å². The molecule has 1 amide bonds. The molecule has 3 heterocycles. The fourth-order valence-electron chi connectivity index (χ4n) is 2.97. The lowest BCUT2D eigenvalue weighted by molar-refractivity contribution is 0.0904. The maximum Gasteiger partial charge on any atom is 0.287 e. The van der Waals surface area contributed by atoms with Gasteiger partial charge >= 0.3 is 0 Å². The molecule has 6 nitrogen and oxygen atoms in total. The average molecular weight is 320 g/mol. The molecule has 0 aromatic carbocycles. The molecule has 0 saturated carbocycles. The fourth-order valence-corrected chi connectivity index (χ4v) is 2.97. The van der Waals surface area contributed by atoms with Gasteiger partial charge in [0.25, 0.3) is 5.91 Å². The highest BCUT2D eigenvalue weighted by Gasteiger charge is 2.25. The van der Waals surface area contributed by atoms with Gasteiger partial charge in [-0.2, -0.15) is 0 Å². The van der Waals surface area contributed by atoms with Crippen LogP contribution in [0.15, 0.2) is 53.5 Å². The van der Waals surface area contributed by atoms with E-state index in [-0.39, 0.29) is 11.9 Å². The van der Waals surface area contributed by atoms with Gasteiger partial charge in [-0.1, -0.05) is 0 Å². The first-order valence-corrected chi connectivity index (χ1v) is 7.92. The van der Waals surface area contributed by atoms with Gasteiger partial charge < -0.3 is 9.73 Å². The Hall–Kier alpha value is -3.02. The molecule has 0 bridgehead atoms. The molecule has 1 aliphatic carbocycles. The Morgan fingerprint density at radius 1 is 1.25 bits per heavy atom. The number of nitrogens with zero attached hydrogens (tertiary/aromatic N) is 3. The first kappa shape index (κ1) is 14.6. The monoisotopic (exact) mass is 320 g/mol. The third-order valence-electron chi connectivity index (χ3n) is 4.17. The summed E-state index contributed by atoms with van der Waals surface area (Å²) in [7, 11) is 0. The van der Waals surface area contributed by atoms with Crippen molar-refractivity contribution in [3.8, 4) is 11.4 Å². The lowest BCUT2D eigenvalue weighted by Crippen LogP contribution is -2.31. The van der Waals surface area contributed by atoms with E-state index in [1.165, 1.54) is 6.26 Å². The fraction of sp³-hybridized carbons (Fsp3) is 0.222. The van der Waals surface area contributed by atoms with Gasteiger partial charge in [-0.25, -0.2) is 9.97 Å². The van der Waals surface area contributed by atoms with Gasteiger partial charge in [0, 0.05) is 35.4 Å². The second-order valence-corrected chi connectivity index (χ2v) is 5.73. The number of amides is 1. The van der Waals surface area contributed by atoms with E-state index in [9.17, 15) is 4.79 Å². The molecule has 0 unspecified atom stereocenters. The molecule has 3 aromatic rings. The zero-order valence-corrected chi connectivity index (χ0v) is 13.0. The van der Waals surface area contributed by atoms with E-state index >= 15 is 0 Å². The van der Waals surface area contributed by atoms with E-state index in [1.54, 1.807) is 24.5 Å². The molecule has 24 heavy (non-hydrogen) atoms. The summed E-state index contributed by atoms with van der Waals surface area (Å²) in [4.78, 5) is 25.4. The van der Waals surface area contributed by atoms with Crippen molar-refractivity contribution in [3.05, 3.63) is 66.1 Å². The lowest BCUT2D eigenvalue weighted by Gasteiger charge is -2.25. The Kier molecular flexibility index (Phi) is 3.78. The molecule has 1 N–H and O–H groups in total. The standard InChI is InChI=1S/C18H16N4O2/c23-18(16-5-2-10-24-16)22-15-4-1-3-14-13(15)11-20-17(21-14)12-6-8-19-9-7-12/h2,5-11,15H,1,3-4H2,(H,22,23)/t15-/m1/s1. The van der Waals surface area contributed by atoms with Gasteiger partial charge in [0.05, 0.1) is 12.3 Å². The number of furan rings is 1. The van der Waals surface area contributed by atoms with Crippen molar-refractivity contribution in [3.63, 3.8) is 0 Å². The van der Waals surface area contributed by atoms with Crippen LogP contribution in [0.5, 0.6) is 0 Å². The van der Waals surface area contributed by atoms with Gasteiger partial charge in [0.15, 0.2) is 11.6 Å². The van der Waals surface area contributed by atoms with E-state index in [4.69, 9.17) is 9.40 Å². The van der Waals surface area contributed by atoms with Crippen molar-refractivity contribution in [1.29, 1.82) is 0 Å². The zero-order chi connectivity index (χ0) is 16.4. The number of carbonyl (C=O) groups excluding carboxylic acids is 1. The summed E-state index contributed by atoms with van der Waals surface area (Å²) in [5.74, 6) is 0.793. The van der Waals surface area contributed by atoms with Crippen molar-refractivity contribution in [2.45, 2.75) is 25.3 Å². The van der Waals surface area contributed by atoms with Crippen molar-refractivity contribution in [2.24, 2.45) is 0 Å². The van der Waals surface area contributed by atoms with E-state index < -0.39 is 0 Å². The largest absolute Gasteiger partial charge is 0.459 e. The van der Waals surface area contributed by atoms with Crippen LogP contribution in [0.3, 0.4) is 0 Å². The Balaban J connectivity index is 1.60. The van der Waals surface area contributed by atoms with Crippen LogP contribution in [0.2, 0.25) is 0 Å². The summed E-state index contributed by atoms with van der Waals surface area (Å²) in [6.45, 7) is 0. The molecule has 1 aliphatic rings. The van der Waals surface area contributed by atoms with Crippen LogP contribution in [0.1, 0.15) is 40.7 Å². The Labute approximate surface area is 139 Å². The van der Waals surface area contributed by atoms with Crippen LogP contribution in [0, 0.1) is 0 Å². The number of hydrogen-bond acceptors (Lipinski definition) is 5. The molecule has 0 spiro atoms. The first-order chi connectivity index (χ1) is 11.8. The summed E-state index contributed by atoms with van der Waals surface area (Å²) in [6.07, 6.45) is 9.51. The molecule has 120 valence electrons. The topological polar surface area (TPSA) is 80.9 Å². The van der Waals surface area contributed by atoms with E-state index in [0.717, 1.165) is 36.1 Å². The summed E-state index contributed by atoms with van der Waals surface area (Å²) in [5, 5.41) is 3.01. The lowest BCUT2D eigenvalue weighted by atomic mass is 9.92. The smallest absolute Gasteiger partial charge is 0.287 e. The van der Waals surface area contributed by atoms with E-state index in [1.807, 2.05) is 18.3 Å². The van der Waals surface area contributed by atoms with E-state index in [0.29, 0.717) is 11.6 Å². The van der Waals surface area contributed by atoms with Crippen LogP contribution in [-0.2, 0) is 6.42 Å². The number of pyridine rings is 1. The zero-order valence-electron chi connectivity index (χ0n) is 13.0. The predicted molar refractivity (Wildman–Crippen MR) is 87.1 cm³/mol. The number of carbonyl (C=O) groups is 1. The number of nitrogens with one attached hydrogen (secondary N) is 1. The Morgan fingerprint density at radius 2 is 2.12 bits per heavy atom. The normalized spacial score (nSPS) is 16.4. The molecule has 4 rings (SSSR count). The number of aromatic nitrogens is 3. The molecule has 3 aromatic heterocycles. The maximum atomic E-state index is 12.2.